The Kier molecular flexibility index (Phi) is 4.42. The van der Waals surface area contributed by atoms with Crippen molar-refractivity contribution >= 4 is 34.6 Å². The Labute approximate surface area is 141 Å². The zero-order chi connectivity index (χ0) is 17.8. The number of para-hydroxylation sites is 1. The van der Waals surface area contributed by atoms with Gasteiger partial charge in [0.25, 0.3) is 11.8 Å². The summed E-state index contributed by atoms with van der Waals surface area (Å²) in [5.74, 6) is -1.95. The first-order chi connectivity index (χ1) is 12.0. The number of carbonyl (C=O) groups excluding carboxylic acids is 3. The highest BCUT2D eigenvalue weighted by Gasteiger charge is 2.14. The molecular weight excluding hydrogens is 326 g/mol. The minimum absolute atomic E-state index is 0.165. The molecule has 8 nitrogen and oxygen atoms in total. The van der Waals surface area contributed by atoms with Crippen LogP contribution in [0.15, 0.2) is 53.3 Å². The van der Waals surface area contributed by atoms with Crippen molar-refractivity contribution in [2.75, 3.05) is 11.9 Å². The van der Waals surface area contributed by atoms with Crippen LogP contribution in [0.4, 0.5) is 5.69 Å². The van der Waals surface area contributed by atoms with E-state index in [1.165, 1.54) is 30.7 Å². The van der Waals surface area contributed by atoms with Crippen molar-refractivity contribution in [3.8, 4) is 0 Å². The van der Waals surface area contributed by atoms with Gasteiger partial charge >= 0.3 is 5.97 Å². The minimum atomic E-state index is -0.684. The largest absolute Gasteiger partial charge is 0.452 e. The third-order valence-corrected chi connectivity index (χ3v) is 3.37. The maximum Gasteiger partial charge on any atom is 0.338 e. The van der Waals surface area contributed by atoms with E-state index in [0.717, 1.165) is 0 Å². The van der Waals surface area contributed by atoms with Crippen molar-refractivity contribution in [2.45, 2.75) is 0 Å². The first kappa shape index (κ1) is 16.2. The predicted octanol–water partition coefficient (Wildman–Crippen LogP) is 1.72. The van der Waals surface area contributed by atoms with Crippen molar-refractivity contribution in [2.24, 2.45) is 5.73 Å². The van der Waals surface area contributed by atoms with Crippen molar-refractivity contribution in [1.29, 1.82) is 0 Å². The molecule has 0 aliphatic rings. The van der Waals surface area contributed by atoms with Crippen LogP contribution in [0.25, 0.3) is 11.1 Å². The molecule has 1 heterocycles. The number of aromatic nitrogens is 1. The van der Waals surface area contributed by atoms with E-state index in [9.17, 15) is 14.4 Å². The predicted molar refractivity (Wildman–Crippen MR) is 87.9 cm³/mol. The number of nitrogens with one attached hydrogen (secondary N) is 1. The van der Waals surface area contributed by atoms with Crippen LogP contribution in [0.1, 0.15) is 20.7 Å². The average Bonchev–Trinajstić information content (AvgIpc) is 3.07. The molecule has 2 amide bonds. The van der Waals surface area contributed by atoms with Crippen molar-refractivity contribution < 1.29 is 23.5 Å². The van der Waals surface area contributed by atoms with Gasteiger partial charge in [-0.2, -0.15) is 0 Å². The van der Waals surface area contributed by atoms with E-state index in [1.54, 1.807) is 18.2 Å². The Morgan fingerprint density at radius 1 is 1.16 bits per heavy atom. The number of primary amides is 1. The van der Waals surface area contributed by atoms with Crippen LogP contribution in [0, 0.1) is 0 Å². The highest BCUT2D eigenvalue weighted by atomic mass is 16.5. The van der Waals surface area contributed by atoms with Crippen molar-refractivity contribution in [1.82, 2.24) is 4.98 Å². The molecule has 25 heavy (non-hydrogen) atoms. The van der Waals surface area contributed by atoms with Gasteiger partial charge in [-0.15, -0.1) is 0 Å². The van der Waals surface area contributed by atoms with Crippen LogP contribution in [0.2, 0.25) is 0 Å². The molecule has 0 atom stereocenters. The average molecular weight is 339 g/mol. The summed E-state index contributed by atoms with van der Waals surface area (Å²) in [7, 11) is 0. The molecule has 0 fully saturated rings. The third-order valence-electron chi connectivity index (χ3n) is 3.37. The van der Waals surface area contributed by atoms with Crippen LogP contribution >= 0.6 is 0 Å². The van der Waals surface area contributed by atoms with E-state index < -0.39 is 24.4 Å². The second-order valence-electron chi connectivity index (χ2n) is 5.07. The maximum absolute atomic E-state index is 12.0. The highest BCUT2D eigenvalue weighted by Crippen LogP contribution is 2.16. The lowest BCUT2D eigenvalue weighted by Gasteiger charge is -2.09. The van der Waals surface area contributed by atoms with Crippen molar-refractivity contribution in [3.63, 3.8) is 0 Å². The number of esters is 1. The Balaban J connectivity index is 1.62. The molecule has 0 aliphatic heterocycles. The van der Waals surface area contributed by atoms with Gasteiger partial charge in [0.2, 0.25) is 0 Å². The fraction of sp³-hybridized carbons (Fsp3) is 0.0588. The number of hydrogen-bond acceptors (Lipinski definition) is 6. The first-order valence-electron chi connectivity index (χ1n) is 7.23. The van der Waals surface area contributed by atoms with Gasteiger partial charge in [0.1, 0.15) is 5.52 Å². The smallest absolute Gasteiger partial charge is 0.338 e. The molecule has 1 aromatic heterocycles. The first-order valence-corrected chi connectivity index (χ1v) is 7.23. The number of ether oxygens (including phenoxy) is 1. The second kappa shape index (κ2) is 6.83. The Morgan fingerprint density at radius 3 is 2.76 bits per heavy atom. The third kappa shape index (κ3) is 3.63. The highest BCUT2D eigenvalue weighted by molar-refractivity contribution is 6.03. The summed E-state index contributed by atoms with van der Waals surface area (Å²) in [5, 5.41) is 2.48. The summed E-state index contributed by atoms with van der Waals surface area (Å²) in [4.78, 5) is 39.2. The van der Waals surface area contributed by atoms with Crippen LogP contribution < -0.4 is 11.1 Å². The van der Waals surface area contributed by atoms with E-state index >= 15 is 0 Å². The summed E-state index contributed by atoms with van der Waals surface area (Å²) in [6, 6.07) is 10.9. The van der Waals surface area contributed by atoms with Gasteiger partial charge in [-0.1, -0.05) is 12.1 Å². The lowest BCUT2D eigenvalue weighted by molar-refractivity contribution is -0.119. The molecule has 0 aliphatic carbocycles. The standard InChI is InChI=1S/C17H13N3O5/c18-16(22)11-3-1-2-4-12(11)20-15(21)8-24-17(23)10-5-6-13-14(7-10)25-9-19-13/h1-7,9H,8H2,(H2,18,22)(H,20,21). The zero-order valence-electron chi connectivity index (χ0n) is 12.9. The second-order valence-corrected chi connectivity index (χ2v) is 5.07. The lowest BCUT2D eigenvalue weighted by Crippen LogP contribution is -2.23. The molecule has 0 saturated carbocycles. The zero-order valence-corrected chi connectivity index (χ0v) is 12.9. The minimum Gasteiger partial charge on any atom is -0.452 e. The van der Waals surface area contributed by atoms with Crippen LogP contribution in [0.5, 0.6) is 0 Å². The van der Waals surface area contributed by atoms with Gasteiger partial charge in [0, 0.05) is 0 Å². The van der Waals surface area contributed by atoms with E-state index in [1.807, 2.05) is 0 Å². The van der Waals surface area contributed by atoms with Gasteiger partial charge in [-0.25, -0.2) is 9.78 Å². The van der Waals surface area contributed by atoms with E-state index in [0.29, 0.717) is 11.1 Å². The number of oxazole rings is 1. The monoisotopic (exact) mass is 339 g/mol. The molecule has 0 bridgehead atoms. The molecular formula is C17H13N3O5. The number of anilines is 1. The molecule has 126 valence electrons. The van der Waals surface area contributed by atoms with Gasteiger partial charge in [-0.05, 0) is 30.3 Å². The molecule has 0 radical (unpaired) electrons. The fourth-order valence-electron chi connectivity index (χ4n) is 2.19. The maximum atomic E-state index is 12.0. The molecule has 3 rings (SSSR count). The van der Waals surface area contributed by atoms with E-state index in [4.69, 9.17) is 14.9 Å². The van der Waals surface area contributed by atoms with Crippen molar-refractivity contribution in [3.05, 3.63) is 60.0 Å². The number of fused-ring (bicyclic) bond motifs is 1. The number of nitrogens with two attached hydrogens (primary N) is 1. The molecule has 0 spiro atoms. The Hall–Kier alpha value is -3.68. The number of rotatable bonds is 5. The summed E-state index contributed by atoms with van der Waals surface area (Å²) in [6.07, 6.45) is 1.27. The van der Waals surface area contributed by atoms with Gasteiger partial charge < -0.3 is 20.2 Å². The SMILES string of the molecule is NC(=O)c1ccccc1NC(=O)COC(=O)c1ccc2ncoc2c1. The summed E-state index contributed by atoms with van der Waals surface area (Å²) < 4.78 is 10.1. The normalized spacial score (nSPS) is 10.4. The Bertz CT molecular complexity index is 964. The van der Waals surface area contributed by atoms with Gasteiger partial charge in [-0.3, -0.25) is 9.59 Å². The van der Waals surface area contributed by atoms with E-state index in [2.05, 4.69) is 10.3 Å². The topological polar surface area (TPSA) is 125 Å². The number of amides is 2. The number of carbonyl (C=O) groups is 3. The summed E-state index contributed by atoms with van der Waals surface area (Å²) >= 11 is 0. The number of nitrogens with zero attached hydrogens (tertiary/aromatic N) is 1. The molecule has 8 heteroatoms. The van der Waals surface area contributed by atoms with Gasteiger partial charge in [0.15, 0.2) is 18.6 Å². The van der Waals surface area contributed by atoms with Gasteiger partial charge in [0.05, 0.1) is 16.8 Å². The summed E-state index contributed by atoms with van der Waals surface area (Å²) in [5.41, 5.74) is 6.93. The lowest BCUT2D eigenvalue weighted by atomic mass is 10.1. The number of benzene rings is 2. The molecule has 0 unspecified atom stereocenters. The number of hydrogen-bond donors (Lipinski definition) is 2. The Morgan fingerprint density at radius 2 is 1.96 bits per heavy atom. The van der Waals surface area contributed by atoms with Crippen LogP contribution in [-0.4, -0.2) is 29.4 Å². The fourth-order valence-corrected chi connectivity index (χ4v) is 2.19. The molecule has 0 saturated heterocycles. The summed E-state index contributed by atoms with van der Waals surface area (Å²) in [6.45, 7) is -0.514. The molecule has 2 aromatic carbocycles. The quantitative estimate of drug-likeness (QED) is 0.682. The van der Waals surface area contributed by atoms with Crippen LogP contribution in [-0.2, 0) is 9.53 Å². The van der Waals surface area contributed by atoms with E-state index in [-0.39, 0.29) is 16.8 Å². The molecule has 3 N–H and O–H groups in total. The van der Waals surface area contributed by atoms with Crippen LogP contribution in [0.3, 0.4) is 0 Å². The molecule has 3 aromatic rings.